The van der Waals surface area contributed by atoms with Gasteiger partial charge in [0.2, 0.25) is 17.7 Å². The van der Waals surface area contributed by atoms with Crippen molar-refractivity contribution in [2.24, 2.45) is 11.7 Å². The molecule has 11 nitrogen and oxygen atoms in total. The van der Waals surface area contributed by atoms with E-state index in [2.05, 4.69) is 16.0 Å². The van der Waals surface area contributed by atoms with Crippen molar-refractivity contribution in [3.8, 4) is 0 Å². The van der Waals surface area contributed by atoms with E-state index < -0.39 is 61.1 Å². The maximum atomic E-state index is 12.0. The summed E-state index contributed by atoms with van der Waals surface area (Å²) < 4.78 is 0. The summed E-state index contributed by atoms with van der Waals surface area (Å²) in [6.07, 6.45) is -1.07. The first-order valence-electron chi connectivity index (χ1n) is 8.14. The molecular weight excluding hydrogens is 348 g/mol. The van der Waals surface area contributed by atoms with Gasteiger partial charge in [0.15, 0.2) is 0 Å². The van der Waals surface area contributed by atoms with E-state index in [9.17, 15) is 24.3 Å². The topological polar surface area (TPSA) is 191 Å². The zero-order valence-corrected chi connectivity index (χ0v) is 15.1. The van der Waals surface area contributed by atoms with Crippen molar-refractivity contribution in [1.29, 1.82) is 0 Å². The molecule has 0 aromatic heterocycles. The average Bonchev–Trinajstić information content (AvgIpc) is 2.54. The van der Waals surface area contributed by atoms with Gasteiger partial charge in [-0.15, -0.1) is 0 Å². The zero-order valence-electron chi connectivity index (χ0n) is 15.1. The maximum absolute atomic E-state index is 12.0. The second kappa shape index (κ2) is 11.4. The van der Waals surface area contributed by atoms with Gasteiger partial charge in [-0.25, -0.2) is 4.79 Å². The molecule has 3 amide bonds. The molecule has 0 aliphatic rings. The average molecular weight is 376 g/mol. The van der Waals surface area contributed by atoms with Crippen LogP contribution < -0.4 is 21.7 Å². The summed E-state index contributed by atoms with van der Waals surface area (Å²) in [5, 5.41) is 34.1. The number of nitrogens with one attached hydrogen (secondary N) is 3. The molecule has 0 rings (SSSR count). The Bertz CT molecular complexity index is 510. The van der Waals surface area contributed by atoms with Gasteiger partial charge < -0.3 is 37.0 Å². The summed E-state index contributed by atoms with van der Waals surface area (Å²) in [6, 6.07) is -3.74. The highest BCUT2D eigenvalue weighted by atomic mass is 16.4. The Morgan fingerprint density at radius 3 is 2.04 bits per heavy atom. The Kier molecular flexibility index (Phi) is 10.4. The third-order valence-electron chi connectivity index (χ3n) is 3.36. The van der Waals surface area contributed by atoms with Crippen LogP contribution in [0, 0.1) is 5.92 Å². The number of hydrogen-bond donors (Lipinski definition) is 7. The number of aliphatic hydroxyl groups is 2. The minimum Gasteiger partial charge on any atom is -0.480 e. The number of carboxylic acids is 1. The quantitative estimate of drug-likeness (QED) is 0.197. The van der Waals surface area contributed by atoms with Crippen molar-refractivity contribution >= 4 is 23.7 Å². The number of amides is 3. The number of carbonyl (C=O) groups excluding carboxylic acids is 3. The standard InChI is InChI=1S/C15H28N4O7/c1-7(2)4-10(15(25)26)18-11(22)5-17-14(24)12(8(3)21)19-13(23)9(16)6-20/h7-10,12,20-21H,4-6,16H2,1-3H3,(H,17,24)(H,18,22)(H,19,23)(H,25,26). The number of aliphatic hydroxyl groups excluding tert-OH is 2. The number of hydrogen-bond acceptors (Lipinski definition) is 7. The van der Waals surface area contributed by atoms with Crippen LogP contribution in [0.15, 0.2) is 0 Å². The smallest absolute Gasteiger partial charge is 0.326 e. The normalized spacial score (nSPS) is 15.5. The number of carboxylic acid groups (broad SMARTS) is 1. The predicted molar refractivity (Wildman–Crippen MR) is 90.7 cm³/mol. The Hall–Kier alpha value is -2.24. The Morgan fingerprint density at radius 2 is 1.62 bits per heavy atom. The first kappa shape index (κ1) is 23.8. The van der Waals surface area contributed by atoms with Gasteiger partial charge in [0, 0.05) is 0 Å². The highest BCUT2D eigenvalue weighted by Gasteiger charge is 2.28. The highest BCUT2D eigenvalue weighted by Crippen LogP contribution is 2.04. The summed E-state index contributed by atoms with van der Waals surface area (Å²) in [6.45, 7) is 3.67. The maximum Gasteiger partial charge on any atom is 0.326 e. The van der Waals surface area contributed by atoms with Gasteiger partial charge in [-0.1, -0.05) is 13.8 Å². The van der Waals surface area contributed by atoms with Crippen LogP contribution >= 0.6 is 0 Å². The lowest BCUT2D eigenvalue weighted by molar-refractivity contribution is -0.142. The molecule has 0 bridgehead atoms. The first-order valence-corrected chi connectivity index (χ1v) is 8.14. The van der Waals surface area contributed by atoms with E-state index >= 15 is 0 Å². The molecule has 0 saturated heterocycles. The van der Waals surface area contributed by atoms with E-state index in [1.165, 1.54) is 6.92 Å². The van der Waals surface area contributed by atoms with Gasteiger partial charge in [0.1, 0.15) is 18.1 Å². The van der Waals surface area contributed by atoms with Crippen molar-refractivity contribution in [3.05, 3.63) is 0 Å². The Labute approximate surface area is 151 Å². The van der Waals surface area contributed by atoms with Crippen molar-refractivity contribution in [3.63, 3.8) is 0 Å². The van der Waals surface area contributed by atoms with Crippen LogP contribution in [-0.4, -0.2) is 76.4 Å². The summed E-state index contributed by atoms with van der Waals surface area (Å²) in [4.78, 5) is 46.6. The molecule has 0 radical (unpaired) electrons. The first-order chi connectivity index (χ1) is 12.0. The summed E-state index contributed by atoms with van der Waals surface area (Å²) in [5.41, 5.74) is 5.31. The van der Waals surface area contributed by atoms with E-state index in [-0.39, 0.29) is 12.3 Å². The number of aliphatic carboxylic acids is 1. The molecule has 0 aromatic rings. The van der Waals surface area contributed by atoms with Crippen molar-refractivity contribution in [1.82, 2.24) is 16.0 Å². The van der Waals surface area contributed by atoms with Crippen molar-refractivity contribution in [2.45, 2.75) is 51.4 Å². The molecule has 26 heavy (non-hydrogen) atoms. The van der Waals surface area contributed by atoms with Gasteiger partial charge in [-0.3, -0.25) is 14.4 Å². The lowest BCUT2D eigenvalue weighted by atomic mass is 10.0. The van der Waals surface area contributed by atoms with Crippen LogP contribution in [0.2, 0.25) is 0 Å². The van der Waals surface area contributed by atoms with Gasteiger partial charge >= 0.3 is 5.97 Å². The molecule has 0 aromatic carbocycles. The lowest BCUT2D eigenvalue weighted by Crippen LogP contribution is -2.57. The minimum absolute atomic E-state index is 0.0385. The van der Waals surface area contributed by atoms with Gasteiger partial charge in [0.25, 0.3) is 0 Å². The second-order valence-electron chi connectivity index (χ2n) is 6.32. The number of nitrogens with two attached hydrogens (primary N) is 1. The minimum atomic E-state index is -1.39. The third-order valence-corrected chi connectivity index (χ3v) is 3.36. The largest absolute Gasteiger partial charge is 0.480 e. The molecule has 4 atom stereocenters. The Morgan fingerprint density at radius 1 is 1.04 bits per heavy atom. The van der Waals surface area contributed by atoms with Crippen molar-refractivity contribution in [2.75, 3.05) is 13.2 Å². The third kappa shape index (κ3) is 8.74. The van der Waals surface area contributed by atoms with E-state index in [1.54, 1.807) is 13.8 Å². The van der Waals surface area contributed by atoms with E-state index in [0.717, 1.165) is 0 Å². The zero-order chi connectivity index (χ0) is 20.4. The number of carbonyl (C=O) groups is 4. The van der Waals surface area contributed by atoms with Crippen LogP contribution in [0.3, 0.4) is 0 Å². The molecule has 8 N–H and O–H groups in total. The molecule has 0 spiro atoms. The Balaban J connectivity index is 4.68. The van der Waals surface area contributed by atoms with Crippen LogP contribution in [0.5, 0.6) is 0 Å². The fourth-order valence-corrected chi connectivity index (χ4v) is 1.96. The van der Waals surface area contributed by atoms with Crippen LogP contribution in [0.1, 0.15) is 27.2 Å². The van der Waals surface area contributed by atoms with Crippen molar-refractivity contribution < 1.29 is 34.5 Å². The van der Waals surface area contributed by atoms with E-state index in [1.807, 2.05) is 0 Å². The summed E-state index contributed by atoms with van der Waals surface area (Å²) >= 11 is 0. The SMILES string of the molecule is CC(C)CC(NC(=O)CNC(=O)C(NC(=O)C(N)CO)C(C)O)C(=O)O. The van der Waals surface area contributed by atoms with Gasteiger partial charge in [-0.05, 0) is 19.3 Å². The molecule has 0 saturated carbocycles. The lowest BCUT2D eigenvalue weighted by Gasteiger charge is -2.22. The number of rotatable bonds is 11. The van der Waals surface area contributed by atoms with E-state index in [4.69, 9.17) is 15.9 Å². The monoisotopic (exact) mass is 376 g/mol. The fourth-order valence-electron chi connectivity index (χ4n) is 1.96. The van der Waals surface area contributed by atoms with Crippen LogP contribution in [-0.2, 0) is 19.2 Å². The molecule has 4 unspecified atom stereocenters. The molecule has 0 fully saturated rings. The van der Waals surface area contributed by atoms with Gasteiger partial charge in [0.05, 0.1) is 19.3 Å². The molecular formula is C15H28N4O7. The van der Waals surface area contributed by atoms with Crippen LogP contribution in [0.4, 0.5) is 0 Å². The van der Waals surface area contributed by atoms with Gasteiger partial charge in [-0.2, -0.15) is 0 Å². The molecule has 11 heteroatoms. The fraction of sp³-hybridized carbons (Fsp3) is 0.733. The summed E-state index contributed by atoms with van der Waals surface area (Å²) in [7, 11) is 0. The molecule has 150 valence electrons. The second-order valence-corrected chi connectivity index (χ2v) is 6.32. The highest BCUT2D eigenvalue weighted by molar-refractivity contribution is 5.92. The van der Waals surface area contributed by atoms with Crippen LogP contribution in [0.25, 0.3) is 0 Å². The van der Waals surface area contributed by atoms with E-state index in [0.29, 0.717) is 0 Å². The molecule has 0 aliphatic heterocycles. The summed E-state index contributed by atoms with van der Waals surface area (Å²) in [5.74, 6) is -3.58. The predicted octanol–water partition coefficient (Wildman–Crippen LogP) is -3.10. The molecule has 0 heterocycles. The molecule has 0 aliphatic carbocycles.